The predicted molar refractivity (Wildman–Crippen MR) is 99.3 cm³/mol. The molecule has 0 saturated carbocycles. The first-order valence-corrected chi connectivity index (χ1v) is 9.30. The van der Waals surface area contributed by atoms with E-state index in [0.29, 0.717) is 18.7 Å². The van der Waals surface area contributed by atoms with Crippen molar-refractivity contribution in [2.75, 3.05) is 13.1 Å². The quantitative estimate of drug-likeness (QED) is 0.894. The van der Waals surface area contributed by atoms with E-state index in [1.54, 1.807) is 0 Å². The Balaban J connectivity index is 1.74. The van der Waals surface area contributed by atoms with Crippen molar-refractivity contribution in [2.45, 2.75) is 57.6 Å². The van der Waals surface area contributed by atoms with Crippen molar-refractivity contribution < 1.29 is 9.63 Å². The first kappa shape index (κ1) is 17.9. The summed E-state index contributed by atoms with van der Waals surface area (Å²) in [7, 11) is 0. The van der Waals surface area contributed by atoms with Crippen molar-refractivity contribution in [1.29, 1.82) is 0 Å². The van der Waals surface area contributed by atoms with Gasteiger partial charge in [0.2, 0.25) is 0 Å². The minimum atomic E-state index is -0.381. The Bertz CT molecular complexity index is 627. The van der Waals surface area contributed by atoms with E-state index in [2.05, 4.69) is 29.4 Å². The second kappa shape index (κ2) is 7.56. The number of carbonyl (C=O) groups is 1. The lowest BCUT2D eigenvalue weighted by Gasteiger charge is -2.40. The fraction of sp³-hybridized carbons (Fsp3) is 0.600. The van der Waals surface area contributed by atoms with E-state index in [4.69, 9.17) is 10.6 Å². The van der Waals surface area contributed by atoms with Crippen LogP contribution in [0.2, 0.25) is 0 Å². The molecule has 0 bridgehead atoms. The topological polar surface area (TPSA) is 67.9 Å². The van der Waals surface area contributed by atoms with Gasteiger partial charge in [0.25, 0.3) is 5.91 Å². The Kier molecular flexibility index (Phi) is 5.42. The number of likely N-dealkylation sites (tertiary alicyclic amines) is 1. The zero-order valence-electron chi connectivity index (χ0n) is 15.3. The Morgan fingerprint density at radius 3 is 2.76 bits per heavy atom. The summed E-state index contributed by atoms with van der Waals surface area (Å²) < 4.78 is 0. The van der Waals surface area contributed by atoms with Gasteiger partial charge in [0.15, 0.2) is 0 Å². The van der Waals surface area contributed by atoms with E-state index in [1.165, 1.54) is 5.56 Å². The molecule has 25 heavy (non-hydrogen) atoms. The van der Waals surface area contributed by atoms with Crippen molar-refractivity contribution in [3.05, 3.63) is 35.9 Å². The molecule has 136 valence electrons. The molecule has 2 aliphatic rings. The average Bonchev–Trinajstić information content (AvgIpc) is 3.00. The zero-order chi connectivity index (χ0) is 17.9. The third-order valence-electron chi connectivity index (χ3n) is 5.24. The van der Waals surface area contributed by atoms with Gasteiger partial charge in [-0.1, -0.05) is 35.5 Å². The summed E-state index contributed by atoms with van der Waals surface area (Å²) in [6.45, 7) is 5.29. The predicted octanol–water partition coefficient (Wildman–Crippen LogP) is 2.74. The van der Waals surface area contributed by atoms with Gasteiger partial charge in [-0.3, -0.25) is 4.79 Å². The smallest absolute Gasteiger partial charge is 0.272 e. The summed E-state index contributed by atoms with van der Waals surface area (Å²) in [5.41, 5.74) is 7.56. The average molecular weight is 343 g/mol. The van der Waals surface area contributed by atoms with Crippen LogP contribution in [0.3, 0.4) is 0 Å². The summed E-state index contributed by atoms with van der Waals surface area (Å²) in [5.74, 6) is 0.296. The molecular formula is C20H29N3O2. The molecule has 2 N–H and O–H groups in total. The number of carbonyl (C=O) groups excluding carboxylic acids is 1. The highest BCUT2D eigenvalue weighted by atomic mass is 16.7. The van der Waals surface area contributed by atoms with Gasteiger partial charge in [-0.05, 0) is 57.6 Å². The van der Waals surface area contributed by atoms with Gasteiger partial charge in [0.05, 0.1) is 0 Å². The largest absolute Gasteiger partial charge is 0.389 e. The van der Waals surface area contributed by atoms with E-state index in [9.17, 15) is 4.79 Å². The van der Waals surface area contributed by atoms with Crippen LogP contribution >= 0.6 is 0 Å². The molecule has 0 radical (unpaired) electrons. The van der Waals surface area contributed by atoms with E-state index < -0.39 is 0 Å². The zero-order valence-corrected chi connectivity index (χ0v) is 15.3. The number of nitrogens with two attached hydrogens (primary N) is 1. The summed E-state index contributed by atoms with van der Waals surface area (Å²) in [6, 6.07) is 10.6. The van der Waals surface area contributed by atoms with E-state index in [1.807, 2.05) is 24.8 Å². The van der Waals surface area contributed by atoms with Crippen LogP contribution in [0.5, 0.6) is 0 Å². The Morgan fingerprint density at radius 1 is 1.36 bits per heavy atom. The number of piperidine rings is 1. The molecular weight excluding hydrogens is 314 g/mol. The molecule has 5 heteroatoms. The lowest BCUT2D eigenvalue weighted by molar-refractivity contribution is -0.129. The molecule has 2 unspecified atom stereocenters. The van der Waals surface area contributed by atoms with Crippen molar-refractivity contribution in [1.82, 2.24) is 4.90 Å². The second-order valence-electron chi connectivity index (χ2n) is 7.81. The Labute approximate surface area is 150 Å². The van der Waals surface area contributed by atoms with Crippen molar-refractivity contribution in [3.63, 3.8) is 0 Å². The molecule has 2 aliphatic heterocycles. The maximum Gasteiger partial charge on any atom is 0.272 e. The first-order chi connectivity index (χ1) is 12.0. The minimum absolute atomic E-state index is 0.0294. The lowest BCUT2D eigenvalue weighted by atomic mass is 9.85. The van der Waals surface area contributed by atoms with Gasteiger partial charge in [-0.2, -0.15) is 0 Å². The van der Waals surface area contributed by atoms with Crippen LogP contribution in [0.1, 0.15) is 45.1 Å². The van der Waals surface area contributed by atoms with Gasteiger partial charge < -0.3 is 15.5 Å². The van der Waals surface area contributed by atoms with Crippen molar-refractivity contribution in [3.8, 4) is 0 Å². The molecule has 2 heterocycles. The van der Waals surface area contributed by atoms with Crippen LogP contribution in [0, 0.1) is 5.92 Å². The van der Waals surface area contributed by atoms with Gasteiger partial charge in [-0.25, -0.2) is 0 Å². The molecule has 0 aromatic heterocycles. The van der Waals surface area contributed by atoms with Crippen LogP contribution in [0.15, 0.2) is 35.5 Å². The second-order valence-corrected chi connectivity index (χ2v) is 7.81. The van der Waals surface area contributed by atoms with Gasteiger partial charge in [0, 0.05) is 19.0 Å². The van der Waals surface area contributed by atoms with E-state index in [-0.39, 0.29) is 23.5 Å². The molecule has 5 nitrogen and oxygen atoms in total. The van der Waals surface area contributed by atoms with Crippen LogP contribution in [-0.2, 0) is 16.1 Å². The third-order valence-corrected chi connectivity index (χ3v) is 5.24. The monoisotopic (exact) mass is 343 g/mol. The first-order valence-electron chi connectivity index (χ1n) is 9.30. The minimum Gasteiger partial charge on any atom is -0.389 e. The third kappa shape index (κ3) is 4.21. The maximum absolute atomic E-state index is 13.0. The number of amides is 1. The van der Waals surface area contributed by atoms with Gasteiger partial charge in [0.1, 0.15) is 11.3 Å². The molecule has 1 fully saturated rings. The Hall–Kier alpha value is -1.88. The Morgan fingerprint density at radius 2 is 2.12 bits per heavy atom. The molecule has 1 aromatic rings. The van der Waals surface area contributed by atoms with Crippen LogP contribution in [-0.4, -0.2) is 41.3 Å². The SMILES string of the molecule is CC1(C)CC(C(=O)N2CCCCC2C(CN)Cc2ccccc2)=NO1. The normalized spacial score (nSPS) is 23.7. The van der Waals surface area contributed by atoms with Crippen LogP contribution < -0.4 is 5.73 Å². The standard InChI is InChI=1S/C20H29N3O2/c1-20(2)13-17(22-25-20)19(24)23-11-7-6-10-18(23)16(14-21)12-15-8-4-3-5-9-15/h3-5,8-9,16,18H,6-7,10-14,21H2,1-2H3. The number of rotatable bonds is 5. The molecule has 2 atom stereocenters. The fourth-order valence-corrected chi connectivity index (χ4v) is 3.92. The number of hydrogen-bond donors (Lipinski definition) is 1. The summed E-state index contributed by atoms with van der Waals surface area (Å²) in [5, 5.41) is 4.06. The molecule has 1 aromatic carbocycles. The number of hydrogen-bond acceptors (Lipinski definition) is 4. The van der Waals surface area contributed by atoms with Crippen molar-refractivity contribution in [2.24, 2.45) is 16.8 Å². The van der Waals surface area contributed by atoms with Crippen LogP contribution in [0.25, 0.3) is 0 Å². The maximum atomic E-state index is 13.0. The summed E-state index contributed by atoms with van der Waals surface area (Å²) in [6.07, 6.45) is 4.68. The van der Waals surface area contributed by atoms with E-state index >= 15 is 0 Å². The van der Waals surface area contributed by atoms with E-state index in [0.717, 1.165) is 32.2 Å². The van der Waals surface area contributed by atoms with Gasteiger partial charge in [-0.15, -0.1) is 0 Å². The fourth-order valence-electron chi connectivity index (χ4n) is 3.92. The summed E-state index contributed by atoms with van der Waals surface area (Å²) in [4.78, 5) is 20.5. The lowest BCUT2D eigenvalue weighted by Crippen LogP contribution is -2.52. The molecule has 0 spiro atoms. The van der Waals surface area contributed by atoms with Crippen molar-refractivity contribution >= 4 is 11.6 Å². The number of nitrogens with zero attached hydrogens (tertiary/aromatic N) is 2. The number of oxime groups is 1. The highest BCUT2D eigenvalue weighted by Gasteiger charge is 2.39. The highest BCUT2D eigenvalue weighted by molar-refractivity contribution is 6.39. The molecule has 1 amide bonds. The van der Waals surface area contributed by atoms with Gasteiger partial charge >= 0.3 is 0 Å². The molecule has 0 aliphatic carbocycles. The molecule has 1 saturated heterocycles. The van der Waals surface area contributed by atoms with Crippen LogP contribution in [0.4, 0.5) is 0 Å². The summed E-state index contributed by atoms with van der Waals surface area (Å²) >= 11 is 0. The number of benzene rings is 1. The highest BCUT2D eigenvalue weighted by Crippen LogP contribution is 2.29. The molecule has 3 rings (SSSR count).